The van der Waals surface area contributed by atoms with Gasteiger partial charge in [0.25, 0.3) is 0 Å². The summed E-state index contributed by atoms with van der Waals surface area (Å²) < 4.78 is 6.13. The minimum Gasteiger partial charge on any atom is -0.383 e. The fourth-order valence-corrected chi connectivity index (χ4v) is 3.62. The van der Waals surface area contributed by atoms with E-state index in [0.29, 0.717) is 6.61 Å². The highest BCUT2D eigenvalue weighted by atomic mass is 79.9. The highest BCUT2D eigenvalue weighted by Crippen LogP contribution is 2.33. The molecular formula is C15H18BrClN2OS. The monoisotopic (exact) mass is 388 g/mol. The molecule has 21 heavy (non-hydrogen) atoms. The van der Waals surface area contributed by atoms with Gasteiger partial charge in [0.05, 0.1) is 18.3 Å². The van der Waals surface area contributed by atoms with Crippen molar-refractivity contribution in [2.45, 2.75) is 19.9 Å². The third kappa shape index (κ3) is 4.27. The Balaban J connectivity index is 2.37. The number of thiazole rings is 1. The van der Waals surface area contributed by atoms with Gasteiger partial charge in [-0.15, -0.1) is 11.3 Å². The minimum absolute atomic E-state index is 0.0254. The quantitative estimate of drug-likeness (QED) is 0.739. The first-order chi connectivity index (χ1) is 10.0. The van der Waals surface area contributed by atoms with Crippen LogP contribution in [0.2, 0.25) is 5.02 Å². The first kappa shape index (κ1) is 16.9. The molecule has 0 aliphatic heterocycles. The van der Waals surface area contributed by atoms with Gasteiger partial charge in [-0.05, 0) is 37.6 Å². The van der Waals surface area contributed by atoms with Crippen LogP contribution < -0.4 is 5.32 Å². The van der Waals surface area contributed by atoms with E-state index in [1.807, 2.05) is 25.1 Å². The molecule has 0 spiro atoms. The Labute approximate surface area is 142 Å². The molecule has 1 aromatic carbocycles. The first-order valence-electron chi connectivity index (χ1n) is 6.64. The third-order valence-electron chi connectivity index (χ3n) is 3.22. The summed E-state index contributed by atoms with van der Waals surface area (Å²) in [4.78, 5) is 5.91. The number of hydrogen-bond donors (Lipinski definition) is 1. The summed E-state index contributed by atoms with van der Waals surface area (Å²) in [7, 11) is 1.69. The number of rotatable bonds is 6. The number of ether oxygens (including phenoxy) is 1. The Bertz CT molecular complexity index is 598. The van der Waals surface area contributed by atoms with E-state index in [-0.39, 0.29) is 6.04 Å². The molecule has 2 aromatic rings. The zero-order chi connectivity index (χ0) is 15.4. The first-order valence-corrected chi connectivity index (χ1v) is 8.63. The van der Waals surface area contributed by atoms with Crippen LogP contribution in [0.25, 0.3) is 0 Å². The standard InChI is InChI=1S/C15H18BrClN2OS/c1-9-10(2)21-15(19-9)14(18-6-7-20-3)12-8-11(16)4-5-13(12)17/h4-5,8,14,18H,6-7H2,1-3H3. The van der Waals surface area contributed by atoms with Gasteiger partial charge in [-0.25, -0.2) is 4.98 Å². The molecule has 0 bridgehead atoms. The second-order valence-corrected chi connectivity index (χ2v) is 7.30. The molecule has 1 unspecified atom stereocenters. The molecule has 1 aromatic heterocycles. The fourth-order valence-electron chi connectivity index (χ4n) is 1.99. The molecule has 0 saturated heterocycles. The molecule has 0 saturated carbocycles. The van der Waals surface area contributed by atoms with E-state index < -0.39 is 0 Å². The third-order valence-corrected chi connectivity index (χ3v) is 5.19. The molecule has 0 aliphatic carbocycles. The van der Waals surface area contributed by atoms with Gasteiger partial charge in [-0.3, -0.25) is 0 Å². The van der Waals surface area contributed by atoms with Crippen molar-refractivity contribution >= 4 is 38.9 Å². The second kappa shape index (κ2) is 7.70. The van der Waals surface area contributed by atoms with Crippen LogP contribution in [0.15, 0.2) is 22.7 Å². The maximum atomic E-state index is 6.39. The molecule has 114 valence electrons. The van der Waals surface area contributed by atoms with Gasteiger partial charge in [-0.2, -0.15) is 0 Å². The number of hydrogen-bond acceptors (Lipinski definition) is 4. The number of nitrogens with zero attached hydrogens (tertiary/aromatic N) is 1. The lowest BCUT2D eigenvalue weighted by molar-refractivity contribution is 0.197. The lowest BCUT2D eigenvalue weighted by Crippen LogP contribution is -2.26. The van der Waals surface area contributed by atoms with Crippen molar-refractivity contribution in [3.05, 3.63) is 48.8 Å². The zero-order valence-corrected chi connectivity index (χ0v) is 15.4. The summed E-state index contributed by atoms with van der Waals surface area (Å²) in [5, 5.41) is 5.24. The van der Waals surface area contributed by atoms with Gasteiger partial charge in [0.2, 0.25) is 0 Å². The Morgan fingerprint density at radius 1 is 1.43 bits per heavy atom. The maximum Gasteiger partial charge on any atom is 0.115 e. The average Bonchev–Trinajstić information content (AvgIpc) is 2.78. The Hall–Kier alpha value is -0.460. The molecule has 1 heterocycles. The van der Waals surface area contributed by atoms with Gasteiger partial charge in [0.15, 0.2) is 0 Å². The zero-order valence-electron chi connectivity index (χ0n) is 12.2. The van der Waals surface area contributed by atoms with Crippen LogP contribution in [-0.4, -0.2) is 25.2 Å². The van der Waals surface area contributed by atoms with Crippen molar-refractivity contribution in [2.24, 2.45) is 0 Å². The summed E-state index contributed by atoms with van der Waals surface area (Å²) >= 11 is 11.6. The molecule has 0 fully saturated rings. The molecule has 0 aliphatic rings. The van der Waals surface area contributed by atoms with Crippen molar-refractivity contribution in [3.8, 4) is 0 Å². The molecule has 1 N–H and O–H groups in total. The molecule has 1 atom stereocenters. The van der Waals surface area contributed by atoms with Gasteiger partial charge in [0.1, 0.15) is 5.01 Å². The average molecular weight is 390 g/mol. The Morgan fingerprint density at radius 2 is 2.19 bits per heavy atom. The largest absolute Gasteiger partial charge is 0.383 e. The number of halogens is 2. The molecular weight excluding hydrogens is 372 g/mol. The van der Waals surface area contributed by atoms with E-state index in [4.69, 9.17) is 16.3 Å². The summed E-state index contributed by atoms with van der Waals surface area (Å²) in [5.74, 6) is 0. The second-order valence-electron chi connectivity index (χ2n) is 4.74. The molecule has 0 radical (unpaired) electrons. The number of aromatic nitrogens is 1. The van der Waals surface area contributed by atoms with Gasteiger partial charge in [-0.1, -0.05) is 27.5 Å². The lowest BCUT2D eigenvalue weighted by atomic mass is 10.1. The maximum absolute atomic E-state index is 6.39. The number of nitrogens with one attached hydrogen (secondary N) is 1. The van der Waals surface area contributed by atoms with E-state index >= 15 is 0 Å². The van der Waals surface area contributed by atoms with Crippen molar-refractivity contribution in [1.29, 1.82) is 0 Å². The van der Waals surface area contributed by atoms with Crippen LogP contribution in [-0.2, 0) is 4.74 Å². The molecule has 0 amide bonds. The van der Waals surface area contributed by atoms with Crippen LogP contribution >= 0.6 is 38.9 Å². The number of methoxy groups -OCH3 is 1. The van der Waals surface area contributed by atoms with Crippen molar-refractivity contribution in [3.63, 3.8) is 0 Å². The van der Waals surface area contributed by atoms with E-state index in [1.165, 1.54) is 4.88 Å². The topological polar surface area (TPSA) is 34.1 Å². The Morgan fingerprint density at radius 3 is 2.81 bits per heavy atom. The van der Waals surface area contributed by atoms with Gasteiger partial charge in [0, 0.05) is 28.0 Å². The van der Waals surface area contributed by atoms with E-state index in [9.17, 15) is 0 Å². The molecule has 2 rings (SSSR count). The fraction of sp³-hybridized carbons (Fsp3) is 0.400. The Kier molecular flexibility index (Phi) is 6.20. The van der Waals surface area contributed by atoms with Gasteiger partial charge < -0.3 is 10.1 Å². The van der Waals surface area contributed by atoms with E-state index in [0.717, 1.165) is 32.3 Å². The van der Waals surface area contributed by atoms with Crippen molar-refractivity contribution in [1.82, 2.24) is 10.3 Å². The smallest absolute Gasteiger partial charge is 0.115 e. The van der Waals surface area contributed by atoms with Gasteiger partial charge >= 0.3 is 0 Å². The van der Waals surface area contributed by atoms with Crippen LogP contribution in [0.5, 0.6) is 0 Å². The van der Waals surface area contributed by atoms with Crippen LogP contribution in [0.4, 0.5) is 0 Å². The van der Waals surface area contributed by atoms with Crippen LogP contribution in [0.3, 0.4) is 0 Å². The highest BCUT2D eigenvalue weighted by Gasteiger charge is 2.21. The predicted molar refractivity (Wildman–Crippen MR) is 92.5 cm³/mol. The van der Waals surface area contributed by atoms with Crippen molar-refractivity contribution in [2.75, 3.05) is 20.3 Å². The SMILES string of the molecule is COCCNC(c1nc(C)c(C)s1)c1cc(Br)ccc1Cl. The normalized spacial score (nSPS) is 12.6. The summed E-state index contributed by atoms with van der Waals surface area (Å²) in [6.07, 6.45) is 0. The lowest BCUT2D eigenvalue weighted by Gasteiger charge is -2.18. The van der Waals surface area contributed by atoms with E-state index in [1.54, 1.807) is 18.4 Å². The summed E-state index contributed by atoms with van der Waals surface area (Å²) in [6.45, 7) is 5.50. The van der Waals surface area contributed by atoms with Crippen LogP contribution in [0, 0.1) is 13.8 Å². The number of aryl methyl sites for hydroxylation is 2. The summed E-state index contributed by atoms with van der Waals surface area (Å²) in [5.41, 5.74) is 2.09. The molecule has 3 nitrogen and oxygen atoms in total. The van der Waals surface area contributed by atoms with Crippen LogP contribution in [0.1, 0.15) is 27.2 Å². The van der Waals surface area contributed by atoms with E-state index in [2.05, 4.69) is 33.2 Å². The highest BCUT2D eigenvalue weighted by molar-refractivity contribution is 9.10. The minimum atomic E-state index is -0.0254. The molecule has 6 heteroatoms. The van der Waals surface area contributed by atoms with Crippen molar-refractivity contribution < 1.29 is 4.74 Å². The number of benzene rings is 1. The summed E-state index contributed by atoms with van der Waals surface area (Å²) in [6, 6.07) is 5.86. The predicted octanol–water partition coefficient (Wildman–Crippen LogP) is 4.50.